The Kier molecular flexibility index (Phi) is 6.01. The summed E-state index contributed by atoms with van der Waals surface area (Å²) in [5.74, 6) is -0.636. The van der Waals surface area contributed by atoms with E-state index in [1.54, 1.807) is 0 Å². The molecule has 0 bridgehead atoms. The van der Waals surface area contributed by atoms with E-state index in [0.29, 0.717) is 12.3 Å². The van der Waals surface area contributed by atoms with Gasteiger partial charge in [0.2, 0.25) is 0 Å². The smallest absolute Gasteiger partial charge is 0.406 e. The Balaban J connectivity index is 1.42. The molecular weight excluding hydrogens is 413 g/mol. The maximum absolute atomic E-state index is 12.6. The number of nitrogens with zero attached hydrogens (tertiary/aromatic N) is 3. The van der Waals surface area contributed by atoms with Crippen molar-refractivity contribution in [3.63, 3.8) is 0 Å². The summed E-state index contributed by atoms with van der Waals surface area (Å²) in [5.41, 5.74) is 2.26. The largest absolute Gasteiger partial charge is 0.573 e. The number of Topliss-reactive ketones (excluding diaryl/α,β-unsaturated/α-hetero) is 1. The van der Waals surface area contributed by atoms with Crippen LogP contribution in [0.3, 0.4) is 0 Å². The molecule has 0 radical (unpaired) electrons. The topological polar surface area (TPSA) is 78.3 Å². The molecule has 1 saturated heterocycles. The molecule has 1 N–H and O–H groups in total. The lowest BCUT2D eigenvalue weighted by Crippen LogP contribution is -2.33. The van der Waals surface area contributed by atoms with Crippen LogP contribution in [0.15, 0.2) is 54.7 Å². The Morgan fingerprint density at radius 1 is 1.23 bits per heavy atom. The van der Waals surface area contributed by atoms with Crippen LogP contribution in [0.4, 0.5) is 13.2 Å². The molecule has 0 spiro atoms. The first-order valence-electron chi connectivity index (χ1n) is 9.60. The van der Waals surface area contributed by atoms with E-state index in [0.717, 1.165) is 30.3 Å². The molecule has 0 saturated carbocycles. The normalized spacial score (nSPS) is 16.8. The minimum atomic E-state index is -4.79. The number of aromatic nitrogens is 3. The molecule has 1 aromatic heterocycles. The number of ketones is 1. The summed E-state index contributed by atoms with van der Waals surface area (Å²) in [6, 6.07) is 12.9. The zero-order valence-corrected chi connectivity index (χ0v) is 16.3. The number of alkyl halides is 3. The fourth-order valence-corrected chi connectivity index (χ4v) is 3.25. The Morgan fingerprint density at radius 2 is 2.03 bits per heavy atom. The minimum Gasteiger partial charge on any atom is -0.406 e. The van der Waals surface area contributed by atoms with Crippen molar-refractivity contribution in [1.29, 1.82) is 0 Å². The Labute approximate surface area is 175 Å². The zero-order valence-electron chi connectivity index (χ0n) is 16.3. The molecule has 2 heterocycles. The fraction of sp³-hybridized carbons (Fsp3) is 0.286. The van der Waals surface area contributed by atoms with Crippen molar-refractivity contribution in [2.24, 2.45) is 0 Å². The van der Waals surface area contributed by atoms with Gasteiger partial charge in [0.1, 0.15) is 11.4 Å². The summed E-state index contributed by atoms with van der Waals surface area (Å²) >= 11 is 0. The van der Waals surface area contributed by atoms with Crippen LogP contribution in [0.2, 0.25) is 0 Å². The molecule has 1 fully saturated rings. The molecule has 7 nitrogen and oxygen atoms in total. The van der Waals surface area contributed by atoms with Crippen LogP contribution in [0, 0.1) is 0 Å². The van der Waals surface area contributed by atoms with E-state index in [9.17, 15) is 18.0 Å². The predicted molar refractivity (Wildman–Crippen MR) is 104 cm³/mol. The van der Waals surface area contributed by atoms with E-state index >= 15 is 0 Å². The van der Waals surface area contributed by atoms with Crippen molar-refractivity contribution in [2.75, 3.05) is 19.7 Å². The maximum atomic E-state index is 12.6. The second kappa shape index (κ2) is 8.86. The number of benzene rings is 2. The number of hydrogen-bond acceptors (Lipinski definition) is 6. The van der Waals surface area contributed by atoms with Crippen LogP contribution in [-0.4, -0.2) is 46.8 Å². The first kappa shape index (κ1) is 21.0. The molecule has 1 aliphatic heterocycles. The average molecular weight is 432 g/mol. The average Bonchev–Trinajstić information content (AvgIpc) is 3.25. The lowest BCUT2D eigenvalue weighted by molar-refractivity contribution is -0.274. The van der Waals surface area contributed by atoms with Crippen LogP contribution in [-0.2, 0) is 11.2 Å². The van der Waals surface area contributed by atoms with E-state index in [1.165, 1.54) is 29.1 Å². The molecule has 10 heteroatoms. The van der Waals surface area contributed by atoms with Crippen LogP contribution in [0.1, 0.15) is 27.7 Å². The Bertz CT molecular complexity index is 1040. The van der Waals surface area contributed by atoms with E-state index in [2.05, 4.69) is 20.4 Å². The molecule has 0 aliphatic carbocycles. The van der Waals surface area contributed by atoms with Gasteiger partial charge < -0.3 is 14.8 Å². The first-order valence-corrected chi connectivity index (χ1v) is 9.60. The molecule has 0 amide bonds. The highest BCUT2D eigenvalue weighted by molar-refractivity contribution is 5.95. The number of rotatable bonds is 6. The maximum Gasteiger partial charge on any atom is 0.573 e. The van der Waals surface area contributed by atoms with Gasteiger partial charge in [-0.15, -0.1) is 18.3 Å². The van der Waals surface area contributed by atoms with E-state index in [4.69, 9.17) is 4.74 Å². The van der Waals surface area contributed by atoms with E-state index in [-0.39, 0.29) is 29.8 Å². The second-order valence-electron chi connectivity index (χ2n) is 7.00. The third kappa shape index (κ3) is 5.47. The van der Waals surface area contributed by atoms with Gasteiger partial charge in [-0.25, -0.2) is 4.68 Å². The highest BCUT2D eigenvalue weighted by atomic mass is 19.4. The van der Waals surface area contributed by atoms with Gasteiger partial charge in [0.05, 0.1) is 24.6 Å². The molecule has 0 unspecified atom stereocenters. The zero-order chi connectivity index (χ0) is 21.8. The van der Waals surface area contributed by atoms with Crippen LogP contribution in [0.5, 0.6) is 5.75 Å². The summed E-state index contributed by atoms with van der Waals surface area (Å²) in [6.07, 6.45) is -3.29. The van der Waals surface area contributed by atoms with Gasteiger partial charge in [-0.05, 0) is 23.3 Å². The van der Waals surface area contributed by atoms with E-state index in [1.807, 2.05) is 24.3 Å². The molecule has 2 aromatic carbocycles. The number of morpholine rings is 1. The number of carbonyl (C=O) groups excluding carboxylic acids is 1. The lowest BCUT2D eigenvalue weighted by Gasteiger charge is -2.24. The summed E-state index contributed by atoms with van der Waals surface area (Å²) in [6.45, 7) is 2.24. The third-order valence-corrected chi connectivity index (χ3v) is 4.74. The predicted octanol–water partition coefficient (Wildman–Crippen LogP) is 3.25. The van der Waals surface area contributed by atoms with E-state index < -0.39 is 6.36 Å². The molecule has 1 aliphatic rings. The molecule has 3 aromatic rings. The summed E-state index contributed by atoms with van der Waals surface area (Å²) in [4.78, 5) is 12.6. The molecule has 4 rings (SSSR count). The van der Waals surface area contributed by atoms with Crippen molar-refractivity contribution >= 4 is 5.78 Å². The van der Waals surface area contributed by atoms with Gasteiger partial charge in [-0.1, -0.05) is 35.5 Å². The standard InChI is InChI=1S/C21H19F3N4O3/c22-21(23,24)31-17-3-1-2-16(11-17)28-13-18(26-27-28)19(29)10-14-4-6-15(7-5-14)20-12-25-8-9-30-20/h1-7,11,13,20,25H,8-10,12H2/t20-/m1/s1. The molecule has 31 heavy (non-hydrogen) atoms. The molecular formula is C21H19F3N4O3. The van der Waals surface area contributed by atoms with Crippen molar-refractivity contribution in [1.82, 2.24) is 20.3 Å². The quantitative estimate of drug-likeness (QED) is 0.603. The fourth-order valence-electron chi connectivity index (χ4n) is 3.25. The monoisotopic (exact) mass is 432 g/mol. The number of hydrogen-bond donors (Lipinski definition) is 1. The Morgan fingerprint density at radius 3 is 2.74 bits per heavy atom. The Hall–Kier alpha value is -3.24. The molecule has 1 atom stereocenters. The lowest BCUT2D eigenvalue weighted by atomic mass is 10.0. The summed E-state index contributed by atoms with van der Waals surface area (Å²) in [5, 5.41) is 11.0. The number of nitrogens with one attached hydrogen (secondary N) is 1. The van der Waals surface area contributed by atoms with Crippen LogP contribution in [0.25, 0.3) is 5.69 Å². The van der Waals surface area contributed by atoms with Crippen molar-refractivity contribution < 1.29 is 27.4 Å². The van der Waals surface area contributed by atoms with Crippen molar-refractivity contribution in [3.05, 3.63) is 71.5 Å². The van der Waals surface area contributed by atoms with Crippen LogP contribution < -0.4 is 10.1 Å². The SMILES string of the molecule is O=C(Cc1ccc([C@H]2CNCCO2)cc1)c1cn(-c2cccc(OC(F)(F)F)c2)nn1. The molecule has 162 valence electrons. The van der Waals surface area contributed by atoms with Gasteiger partial charge in [0.25, 0.3) is 0 Å². The van der Waals surface area contributed by atoms with Crippen molar-refractivity contribution in [2.45, 2.75) is 18.9 Å². The summed E-state index contributed by atoms with van der Waals surface area (Å²) in [7, 11) is 0. The highest BCUT2D eigenvalue weighted by Crippen LogP contribution is 2.24. The van der Waals surface area contributed by atoms with Crippen LogP contribution >= 0.6 is 0 Å². The van der Waals surface area contributed by atoms with Gasteiger partial charge in [0.15, 0.2) is 5.78 Å². The van der Waals surface area contributed by atoms with Gasteiger partial charge in [-0.3, -0.25) is 4.79 Å². The van der Waals surface area contributed by atoms with Gasteiger partial charge in [-0.2, -0.15) is 0 Å². The number of halogens is 3. The number of carbonyl (C=O) groups is 1. The van der Waals surface area contributed by atoms with Crippen molar-refractivity contribution in [3.8, 4) is 11.4 Å². The summed E-state index contributed by atoms with van der Waals surface area (Å²) < 4.78 is 48.1. The van der Waals surface area contributed by atoms with Gasteiger partial charge >= 0.3 is 6.36 Å². The minimum absolute atomic E-state index is 0.00418. The third-order valence-electron chi connectivity index (χ3n) is 4.74. The first-order chi connectivity index (χ1) is 14.9. The van der Waals surface area contributed by atoms with Gasteiger partial charge in [0, 0.05) is 25.6 Å². The number of ether oxygens (including phenoxy) is 2. The highest BCUT2D eigenvalue weighted by Gasteiger charge is 2.31. The second-order valence-corrected chi connectivity index (χ2v) is 7.00.